The summed E-state index contributed by atoms with van der Waals surface area (Å²) in [6.45, 7) is 3.79. The molecule has 0 aliphatic heterocycles. The second-order valence-electron chi connectivity index (χ2n) is 4.01. The number of aromatic nitrogens is 2. The summed E-state index contributed by atoms with van der Waals surface area (Å²) < 4.78 is 1.03. The van der Waals surface area contributed by atoms with Crippen molar-refractivity contribution in [3.05, 3.63) is 40.1 Å². The smallest absolute Gasteiger partial charge is 0.182 e. The molecule has 0 saturated carbocycles. The Morgan fingerprint density at radius 1 is 1.16 bits per heavy atom. The maximum atomic E-state index is 8.62. The summed E-state index contributed by atoms with van der Waals surface area (Å²) >= 11 is 3.43. The molecule has 2 N–H and O–H groups in total. The molecule has 1 aromatic carbocycles. The molecule has 2 rings (SSSR count). The van der Waals surface area contributed by atoms with Gasteiger partial charge in [-0.2, -0.15) is 5.26 Å². The molecule has 0 aliphatic carbocycles. The van der Waals surface area contributed by atoms with Crippen molar-refractivity contribution in [1.82, 2.24) is 9.97 Å². The molecule has 5 nitrogen and oxygen atoms in total. The molecule has 1 heterocycles. The van der Waals surface area contributed by atoms with Gasteiger partial charge in [-0.1, -0.05) is 15.9 Å². The van der Waals surface area contributed by atoms with Crippen LogP contribution >= 0.6 is 15.9 Å². The first-order valence-corrected chi connectivity index (χ1v) is 6.42. The minimum absolute atomic E-state index is 0.479. The van der Waals surface area contributed by atoms with E-state index in [4.69, 9.17) is 5.26 Å². The highest BCUT2D eigenvalue weighted by molar-refractivity contribution is 9.10. The number of rotatable bonds is 3. The van der Waals surface area contributed by atoms with Gasteiger partial charge in [0.15, 0.2) is 6.19 Å². The molecule has 0 atom stereocenters. The maximum Gasteiger partial charge on any atom is 0.182 e. The van der Waals surface area contributed by atoms with Crippen molar-refractivity contribution < 1.29 is 0 Å². The fourth-order valence-electron chi connectivity index (χ4n) is 1.66. The maximum absolute atomic E-state index is 8.62. The van der Waals surface area contributed by atoms with Crippen LogP contribution in [0.3, 0.4) is 0 Å². The Labute approximate surface area is 119 Å². The molecule has 0 radical (unpaired) electrons. The van der Waals surface area contributed by atoms with E-state index in [1.165, 1.54) is 0 Å². The van der Waals surface area contributed by atoms with Crippen molar-refractivity contribution in [2.24, 2.45) is 0 Å². The molecule has 6 heteroatoms. The Morgan fingerprint density at radius 3 is 2.58 bits per heavy atom. The lowest BCUT2D eigenvalue weighted by Gasteiger charge is -2.10. The van der Waals surface area contributed by atoms with Crippen LogP contribution in [0.2, 0.25) is 0 Å². The van der Waals surface area contributed by atoms with Gasteiger partial charge in [0.25, 0.3) is 0 Å². The highest BCUT2D eigenvalue weighted by atomic mass is 79.9. The third kappa shape index (κ3) is 3.42. The quantitative estimate of drug-likeness (QED) is 0.669. The second-order valence-corrected chi connectivity index (χ2v) is 4.92. The Hall–Kier alpha value is -2.13. The average Bonchev–Trinajstić information content (AvgIpc) is 2.32. The number of hydrogen-bond acceptors (Lipinski definition) is 5. The molecule has 2 aromatic rings. The SMILES string of the molecule is Cc1nc(NC#N)cc(Nc2ccc(Br)cc2C)n1. The fraction of sp³-hybridized carbons (Fsp3) is 0.154. The minimum atomic E-state index is 0.479. The number of halogens is 1. The lowest BCUT2D eigenvalue weighted by molar-refractivity contribution is 1.06. The first-order chi connectivity index (χ1) is 9.08. The highest BCUT2D eigenvalue weighted by Crippen LogP contribution is 2.23. The predicted octanol–water partition coefficient (Wildman–Crippen LogP) is 3.49. The molecule has 19 heavy (non-hydrogen) atoms. The molecular formula is C13H12BrN5. The number of aryl methyl sites for hydroxylation is 2. The van der Waals surface area contributed by atoms with E-state index < -0.39 is 0 Å². The monoisotopic (exact) mass is 317 g/mol. The molecule has 1 aromatic heterocycles. The second kappa shape index (κ2) is 5.67. The van der Waals surface area contributed by atoms with Gasteiger partial charge < -0.3 is 5.32 Å². The molecule has 0 unspecified atom stereocenters. The van der Waals surface area contributed by atoms with E-state index >= 15 is 0 Å². The van der Waals surface area contributed by atoms with E-state index in [1.54, 1.807) is 13.0 Å². The minimum Gasteiger partial charge on any atom is -0.340 e. The zero-order valence-corrected chi connectivity index (χ0v) is 12.1. The molecular weight excluding hydrogens is 306 g/mol. The number of benzene rings is 1. The Morgan fingerprint density at radius 2 is 1.89 bits per heavy atom. The summed E-state index contributed by atoms with van der Waals surface area (Å²) in [5.41, 5.74) is 2.06. The lowest BCUT2D eigenvalue weighted by Crippen LogP contribution is -2.01. The Bertz CT molecular complexity index is 648. The summed E-state index contributed by atoms with van der Waals surface area (Å²) in [4.78, 5) is 8.40. The van der Waals surface area contributed by atoms with Gasteiger partial charge >= 0.3 is 0 Å². The third-order valence-corrected chi connectivity index (χ3v) is 2.97. The summed E-state index contributed by atoms with van der Waals surface area (Å²) in [6, 6.07) is 7.63. The van der Waals surface area contributed by atoms with Crippen molar-refractivity contribution in [3.63, 3.8) is 0 Å². The zero-order valence-electron chi connectivity index (χ0n) is 10.5. The Balaban J connectivity index is 2.30. The molecule has 0 spiro atoms. The van der Waals surface area contributed by atoms with Crippen LogP contribution in [0, 0.1) is 25.3 Å². The Kier molecular flexibility index (Phi) is 3.97. The number of nitrogens with one attached hydrogen (secondary N) is 2. The van der Waals surface area contributed by atoms with Crippen molar-refractivity contribution >= 4 is 33.3 Å². The van der Waals surface area contributed by atoms with Crippen LogP contribution in [-0.4, -0.2) is 9.97 Å². The van der Waals surface area contributed by atoms with Crippen molar-refractivity contribution in [1.29, 1.82) is 5.26 Å². The van der Waals surface area contributed by atoms with E-state index in [9.17, 15) is 0 Å². The topological polar surface area (TPSA) is 73.6 Å². The number of anilines is 3. The van der Waals surface area contributed by atoms with Crippen LogP contribution in [-0.2, 0) is 0 Å². The first-order valence-electron chi connectivity index (χ1n) is 5.62. The molecule has 0 saturated heterocycles. The number of nitriles is 1. The van der Waals surface area contributed by atoms with Crippen LogP contribution in [0.1, 0.15) is 11.4 Å². The van der Waals surface area contributed by atoms with E-state index in [0.29, 0.717) is 17.5 Å². The normalized spacial score (nSPS) is 9.79. The lowest BCUT2D eigenvalue weighted by atomic mass is 10.2. The first kappa shape index (κ1) is 13.3. The van der Waals surface area contributed by atoms with Gasteiger partial charge in [0, 0.05) is 16.2 Å². The summed E-state index contributed by atoms with van der Waals surface area (Å²) in [5, 5.41) is 14.3. The van der Waals surface area contributed by atoms with Crippen LogP contribution in [0.25, 0.3) is 0 Å². The van der Waals surface area contributed by atoms with Gasteiger partial charge in [0.05, 0.1) is 0 Å². The standard InChI is InChI=1S/C13H12BrN5/c1-8-5-10(14)3-4-11(8)19-13-6-12(16-7-15)17-9(2)18-13/h3-6H,1-2H3,(H2,16,17,18,19). The summed E-state index contributed by atoms with van der Waals surface area (Å²) in [6.07, 6.45) is 1.85. The van der Waals surface area contributed by atoms with Gasteiger partial charge in [-0.05, 0) is 37.6 Å². The van der Waals surface area contributed by atoms with E-state index in [0.717, 1.165) is 15.7 Å². The van der Waals surface area contributed by atoms with Gasteiger partial charge in [0.2, 0.25) is 0 Å². The van der Waals surface area contributed by atoms with E-state index in [1.807, 2.05) is 31.3 Å². The van der Waals surface area contributed by atoms with Gasteiger partial charge in [-0.15, -0.1) is 0 Å². The van der Waals surface area contributed by atoms with Crippen LogP contribution in [0.5, 0.6) is 0 Å². The summed E-state index contributed by atoms with van der Waals surface area (Å²) in [7, 11) is 0. The van der Waals surface area contributed by atoms with Gasteiger partial charge in [-0.25, -0.2) is 9.97 Å². The summed E-state index contributed by atoms with van der Waals surface area (Å²) in [5.74, 6) is 1.72. The molecule has 96 valence electrons. The average molecular weight is 318 g/mol. The van der Waals surface area contributed by atoms with Gasteiger partial charge in [0.1, 0.15) is 17.5 Å². The fourth-order valence-corrected chi connectivity index (χ4v) is 2.13. The zero-order chi connectivity index (χ0) is 13.8. The van der Waals surface area contributed by atoms with Crippen molar-refractivity contribution in [3.8, 4) is 6.19 Å². The highest BCUT2D eigenvalue weighted by Gasteiger charge is 2.04. The van der Waals surface area contributed by atoms with Crippen LogP contribution in [0.4, 0.5) is 17.3 Å². The van der Waals surface area contributed by atoms with Crippen molar-refractivity contribution in [2.45, 2.75) is 13.8 Å². The molecule has 0 aliphatic rings. The predicted molar refractivity (Wildman–Crippen MR) is 78.2 cm³/mol. The molecule has 0 amide bonds. The van der Waals surface area contributed by atoms with E-state index in [2.05, 4.69) is 36.5 Å². The molecule has 0 bridgehead atoms. The largest absolute Gasteiger partial charge is 0.340 e. The third-order valence-electron chi connectivity index (χ3n) is 2.47. The van der Waals surface area contributed by atoms with Gasteiger partial charge in [-0.3, -0.25) is 5.32 Å². The molecule has 0 fully saturated rings. The van der Waals surface area contributed by atoms with Crippen molar-refractivity contribution in [2.75, 3.05) is 10.6 Å². The van der Waals surface area contributed by atoms with Crippen LogP contribution < -0.4 is 10.6 Å². The number of hydrogen-bond donors (Lipinski definition) is 2. The number of nitrogens with zero attached hydrogens (tertiary/aromatic N) is 3. The van der Waals surface area contributed by atoms with E-state index in [-0.39, 0.29) is 0 Å². The van der Waals surface area contributed by atoms with Crippen LogP contribution in [0.15, 0.2) is 28.7 Å².